The highest BCUT2D eigenvalue weighted by atomic mass is 16.3. The molecule has 0 spiro atoms. The Morgan fingerprint density at radius 2 is 1.20 bits per heavy atom. The maximum absolute atomic E-state index is 10.1. The zero-order valence-electron chi connectivity index (χ0n) is 10.1. The standard InChI is InChI=1S/C12H20N2O/c1-6-9(12(4,5)15)7(2)11(14)8(3)10(6)13/h15H,13-14H2,1-5H3. The molecule has 1 aromatic carbocycles. The molecule has 0 amide bonds. The van der Waals surface area contributed by atoms with E-state index in [1.807, 2.05) is 20.8 Å². The topological polar surface area (TPSA) is 72.3 Å². The Bertz CT molecular complexity index is 374. The molecule has 0 aliphatic heterocycles. The Hall–Kier alpha value is -1.22. The molecule has 0 fully saturated rings. The van der Waals surface area contributed by atoms with Crippen LogP contribution in [0.5, 0.6) is 0 Å². The third-order valence-electron chi connectivity index (χ3n) is 2.98. The third kappa shape index (κ3) is 1.79. The first-order valence-corrected chi connectivity index (χ1v) is 5.05. The molecule has 84 valence electrons. The summed E-state index contributed by atoms with van der Waals surface area (Å²) >= 11 is 0. The fourth-order valence-corrected chi connectivity index (χ4v) is 2.18. The predicted molar refractivity (Wildman–Crippen MR) is 64.7 cm³/mol. The number of hydrogen-bond acceptors (Lipinski definition) is 3. The van der Waals surface area contributed by atoms with Gasteiger partial charge in [-0.15, -0.1) is 0 Å². The molecule has 3 heteroatoms. The van der Waals surface area contributed by atoms with Crippen LogP contribution in [0, 0.1) is 20.8 Å². The second-order valence-corrected chi connectivity index (χ2v) is 4.64. The van der Waals surface area contributed by atoms with Crippen molar-refractivity contribution in [2.45, 2.75) is 40.2 Å². The summed E-state index contributed by atoms with van der Waals surface area (Å²) in [6.07, 6.45) is 0. The van der Waals surface area contributed by atoms with E-state index >= 15 is 0 Å². The summed E-state index contributed by atoms with van der Waals surface area (Å²) in [5.74, 6) is 0. The van der Waals surface area contributed by atoms with Crippen LogP contribution in [0.1, 0.15) is 36.1 Å². The van der Waals surface area contributed by atoms with Crippen molar-refractivity contribution in [2.75, 3.05) is 11.5 Å². The van der Waals surface area contributed by atoms with Gasteiger partial charge in [0, 0.05) is 11.4 Å². The lowest BCUT2D eigenvalue weighted by molar-refractivity contribution is 0.0774. The van der Waals surface area contributed by atoms with E-state index in [0.717, 1.165) is 22.3 Å². The van der Waals surface area contributed by atoms with Crippen molar-refractivity contribution in [3.8, 4) is 0 Å². The van der Waals surface area contributed by atoms with Crippen LogP contribution < -0.4 is 11.5 Å². The van der Waals surface area contributed by atoms with Gasteiger partial charge in [0.1, 0.15) is 0 Å². The van der Waals surface area contributed by atoms with E-state index < -0.39 is 5.60 Å². The molecular formula is C12H20N2O. The molecule has 1 rings (SSSR count). The van der Waals surface area contributed by atoms with Crippen LogP contribution in [0.15, 0.2) is 0 Å². The number of nitrogen functional groups attached to an aromatic ring is 2. The zero-order chi connectivity index (χ0) is 12.0. The number of aliphatic hydroxyl groups is 1. The largest absolute Gasteiger partial charge is 0.398 e. The second kappa shape index (κ2) is 3.42. The van der Waals surface area contributed by atoms with Crippen LogP contribution in [-0.2, 0) is 5.60 Å². The first-order chi connectivity index (χ1) is 6.68. The quantitative estimate of drug-likeness (QED) is 0.618. The molecule has 15 heavy (non-hydrogen) atoms. The third-order valence-corrected chi connectivity index (χ3v) is 2.98. The van der Waals surface area contributed by atoms with Gasteiger partial charge in [0.25, 0.3) is 0 Å². The highest BCUT2D eigenvalue weighted by molar-refractivity contribution is 5.71. The molecule has 0 heterocycles. The molecule has 0 aromatic heterocycles. The highest BCUT2D eigenvalue weighted by Gasteiger charge is 2.24. The fourth-order valence-electron chi connectivity index (χ4n) is 2.18. The average Bonchev–Trinajstić information content (AvgIpc) is 2.09. The highest BCUT2D eigenvalue weighted by Crippen LogP contribution is 2.36. The Kier molecular flexibility index (Phi) is 2.70. The molecule has 3 nitrogen and oxygen atoms in total. The SMILES string of the molecule is Cc1c(N)c(C)c(C(C)(C)O)c(C)c1N. The zero-order valence-corrected chi connectivity index (χ0v) is 10.1. The van der Waals surface area contributed by atoms with Gasteiger partial charge >= 0.3 is 0 Å². The van der Waals surface area contributed by atoms with E-state index in [4.69, 9.17) is 11.5 Å². The molecule has 1 aromatic rings. The predicted octanol–water partition coefficient (Wildman–Crippen LogP) is 2.00. The first kappa shape index (κ1) is 11.9. The van der Waals surface area contributed by atoms with Gasteiger partial charge in [-0.2, -0.15) is 0 Å². The van der Waals surface area contributed by atoms with Crippen molar-refractivity contribution in [3.63, 3.8) is 0 Å². The van der Waals surface area contributed by atoms with Gasteiger partial charge in [-0.1, -0.05) is 0 Å². The van der Waals surface area contributed by atoms with Crippen LogP contribution in [0.25, 0.3) is 0 Å². The molecule has 0 aliphatic carbocycles. The Morgan fingerprint density at radius 3 is 1.47 bits per heavy atom. The Balaban J connectivity index is 3.68. The summed E-state index contributed by atoms with van der Waals surface area (Å²) in [6, 6.07) is 0. The fraction of sp³-hybridized carbons (Fsp3) is 0.500. The number of rotatable bonds is 1. The van der Waals surface area contributed by atoms with Crippen LogP contribution in [0.3, 0.4) is 0 Å². The smallest absolute Gasteiger partial charge is 0.0847 e. The number of nitrogens with two attached hydrogens (primary N) is 2. The van der Waals surface area contributed by atoms with Crippen LogP contribution in [0.4, 0.5) is 11.4 Å². The summed E-state index contributed by atoms with van der Waals surface area (Å²) in [6.45, 7) is 9.23. The molecular weight excluding hydrogens is 188 g/mol. The van der Waals surface area contributed by atoms with Crippen LogP contribution in [0.2, 0.25) is 0 Å². The van der Waals surface area contributed by atoms with Gasteiger partial charge in [0.15, 0.2) is 0 Å². The average molecular weight is 208 g/mol. The Morgan fingerprint density at radius 1 is 0.867 bits per heavy atom. The lowest BCUT2D eigenvalue weighted by Gasteiger charge is -2.26. The van der Waals surface area contributed by atoms with E-state index in [0.29, 0.717) is 11.4 Å². The van der Waals surface area contributed by atoms with E-state index in [1.165, 1.54) is 0 Å². The summed E-state index contributed by atoms with van der Waals surface area (Å²) in [5, 5.41) is 10.1. The van der Waals surface area contributed by atoms with Crippen molar-refractivity contribution >= 4 is 11.4 Å². The lowest BCUT2D eigenvalue weighted by atomic mass is 9.86. The van der Waals surface area contributed by atoms with Gasteiger partial charge in [0.2, 0.25) is 0 Å². The molecule has 0 saturated heterocycles. The monoisotopic (exact) mass is 208 g/mol. The maximum atomic E-state index is 10.1. The molecule has 0 radical (unpaired) electrons. The van der Waals surface area contributed by atoms with Crippen LogP contribution >= 0.6 is 0 Å². The summed E-state index contributed by atoms with van der Waals surface area (Å²) in [4.78, 5) is 0. The normalized spacial score (nSPS) is 11.9. The van der Waals surface area contributed by atoms with Crippen molar-refractivity contribution in [3.05, 3.63) is 22.3 Å². The second-order valence-electron chi connectivity index (χ2n) is 4.64. The van der Waals surface area contributed by atoms with Crippen LogP contribution in [-0.4, -0.2) is 5.11 Å². The number of benzene rings is 1. The van der Waals surface area contributed by atoms with E-state index in [1.54, 1.807) is 13.8 Å². The van der Waals surface area contributed by atoms with Crippen molar-refractivity contribution in [1.82, 2.24) is 0 Å². The van der Waals surface area contributed by atoms with E-state index in [-0.39, 0.29) is 0 Å². The first-order valence-electron chi connectivity index (χ1n) is 5.05. The minimum absolute atomic E-state index is 0.676. The molecule has 0 atom stereocenters. The van der Waals surface area contributed by atoms with Crippen molar-refractivity contribution < 1.29 is 5.11 Å². The Labute approximate surface area is 91.1 Å². The molecule has 0 saturated carbocycles. The van der Waals surface area contributed by atoms with Gasteiger partial charge < -0.3 is 16.6 Å². The van der Waals surface area contributed by atoms with E-state index in [2.05, 4.69) is 0 Å². The minimum Gasteiger partial charge on any atom is -0.398 e. The molecule has 0 aliphatic rings. The van der Waals surface area contributed by atoms with Gasteiger partial charge in [-0.3, -0.25) is 0 Å². The summed E-state index contributed by atoms with van der Waals surface area (Å²) in [5.41, 5.74) is 15.9. The maximum Gasteiger partial charge on any atom is 0.0847 e. The van der Waals surface area contributed by atoms with Crippen molar-refractivity contribution in [1.29, 1.82) is 0 Å². The molecule has 5 N–H and O–H groups in total. The van der Waals surface area contributed by atoms with Gasteiger partial charge in [-0.05, 0) is 56.9 Å². The van der Waals surface area contributed by atoms with Crippen molar-refractivity contribution in [2.24, 2.45) is 0 Å². The lowest BCUT2D eigenvalue weighted by Crippen LogP contribution is -2.21. The molecule has 0 bridgehead atoms. The summed E-state index contributed by atoms with van der Waals surface area (Å²) < 4.78 is 0. The summed E-state index contributed by atoms with van der Waals surface area (Å²) in [7, 11) is 0. The number of hydrogen-bond donors (Lipinski definition) is 3. The van der Waals surface area contributed by atoms with Gasteiger partial charge in [-0.25, -0.2) is 0 Å². The van der Waals surface area contributed by atoms with Gasteiger partial charge in [0.05, 0.1) is 5.60 Å². The minimum atomic E-state index is -0.913. The van der Waals surface area contributed by atoms with E-state index in [9.17, 15) is 5.11 Å². The molecule has 0 unspecified atom stereocenters. The number of anilines is 2.